The Morgan fingerprint density at radius 3 is 2.95 bits per heavy atom. The lowest BCUT2D eigenvalue weighted by molar-refractivity contribution is -0.155. The highest BCUT2D eigenvalue weighted by atomic mass is 35.5. The molecule has 2 aromatic heterocycles. The molecular weight excluding hydrogens is 294 g/mol. The highest BCUT2D eigenvalue weighted by molar-refractivity contribution is 6.32. The first-order valence-electron chi connectivity index (χ1n) is 6.79. The van der Waals surface area contributed by atoms with Crippen LogP contribution in [0.15, 0.2) is 22.9 Å². The van der Waals surface area contributed by atoms with Crippen molar-refractivity contribution in [2.45, 2.75) is 31.6 Å². The largest absolute Gasteiger partial charge is 0.465 e. The number of ether oxygens (including phenoxy) is 1. The summed E-state index contributed by atoms with van der Waals surface area (Å²) in [6, 6.07) is 3.42. The standard InChI is InChI=1S/C14H14ClN3O3/c1-2-20-13(19)14(6-4-7-14)12-17-11(18-21-12)10-9(15)5-3-8-16-10/h3,5,8H,2,4,6-7H2,1H3. The van der Waals surface area contributed by atoms with Gasteiger partial charge in [-0.1, -0.05) is 23.2 Å². The van der Waals surface area contributed by atoms with Crippen molar-refractivity contribution in [1.82, 2.24) is 15.1 Å². The van der Waals surface area contributed by atoms with E-state index >= 15 is 0 Å². The van der Waals surface area contributed by atoms with Gasteiger partial charge in [0, 0.05) is 6.20 Å². The summed E-state index contributed by atoms with van der Waals surface area (Å²) >= 11 is 6.07. The zero-order valence-corrected chi connectivity index (χ0v) is 12.3. The van der Waals surface area contributed by atoms with Crippen LogP contribution < -0.4 is 0 Å². The lowest BCUT2D eigenvalue weighted by Crippen LogP contribution is -2.44. The van der Waals surface area contributed by atoms with Gasteiger partial charge in [-0.25, -0.2) is 0 Å². The Kier molecular flexibility index (Phi) is 3.63. The summed E-state index contributed by atoms with van der Waals surface area (Å²) in [4.78, 5) is 20.6. The second kappa shape index (κ2) is 5.44. The van der Waals surface area contributed by atoms with Crippen LogP contribution in [0.2, 0.25) is 5.02 Å². The number of carbonyl (C=O) groups excluding carboxylic acids is 1. The minimum Gasteiger partial charge on any atom is -0.465 e. The van der Waals surface area contributed by atoms with Gasteiger partial charge in [0.1, 0.15) is 11.1 Å². The van der Waals surface area contributed by atoms with Crippen molar-refractivity contribution in [3.05, 3.63) is 29.2 Å². The Labute approximate surface area is 126 Å². The second-order valence-corrected chi connectivity index (χ2v) is 5.32. The summed E-state index contributed by atoms with van der Waals surface area (Å²) in [5, 5.41) is 4.33. The van der Waals surface area contributed by atoms with Gasteiger partial charge in [0.05, 0.1) is 11.6 Å². The molecule has 110 valence electrons. The molecule has 0 amide bonds. The van der Waals surface area contributed by atoms with E-state index in [1.165, 1.54) is 0 Å². The van der Waals surface area contributed by atoms with Gasteiger partial charge in [-0.3, -0.25) is 9.78 Å². The molecule has 0 radical (unpaired) electrons. The summed E-state index contributed by atoms with van der Waals surface area (Å²) in [7, 11) is 0. The Balaban J connectivity index is 1.94. The van der Waals surface area contributed by atoms with Crippen LogP contribution in [0.4, 0.5) is 0 Å². The van der Waals surface area contributed by atoms with Crippen molar-refractivity contribution in [3.63, 3.8) is 0 Å². The first-order valence-corrected chi connectivity index (χ1v) is 7.17. The Morgan fingerprint density at radius 1 is 1.52 bits per heavy atom. The number of halogens is 1. The maximum absolute atomic E-state index is 12.2. The Hall–Kier alpha value is -1.95. The molecule has 1 aliphatic carbocycles. The monoisotopic (exact) mass is 307 g/mol. The smallest absolute Gasteiger partial charge is 0.321 e. The number of aromatic nitrogens is 3. The highest BCUT2D eigenvalue weighted by Crippen LogP contribution is 2.44. The molecule has 0 bridgehead atoms. The molecule has 0 spiro atoms. The fourth-order valence-corrected chi connectivity index (χ4v) is 2.58. The highest BCUT2D eigenvalue weighted by Gasteiger charge is 2.52. The zero-order valence-electron chi connectivity index (χ0n) is 11.5. The molecule has 1 saturated carbocycles. The average Bonchev–Trinajstić information content (AvgIpc) is 2.88. The van der Waals surface area contributed by atoms with E-state index in [-0.39, 0.29) is 17.7 Å². The van der Waals surface area contributed by atoms with Gasteiger partial charge in [-0.15, -0.1) is 0 Å². The molecule has 0 saturated heterocycles. The van der Waals surface area contributed by atoms with Gasteiger partial charge in [-0.2, -0.15) is 4.98 Å². The Morgan fingerprint density at radius 2 is 2.33 bits per heavy atom. The normalized spacial score (nSPS) is 16.3. The fourth-order valence-electron chi connectivity index (χ4n) is 2.37. The second-order valence-electron chi connectivity index (χ2n) is 4.91. The van der Waals surface area contributed by atoms with Crippen LogP contribution in [0.3, 0.4) is 0 Å². The van der Waals surface area contributed by atoms with Crippen LogP contribution in [-0.2, 0) is 14.9 Å². The molecule has 0 unspecified atom stereocenters. The SMILES string of the molecule is CCOC(=O)C1(c2nc(-c3ncccc3Cl)no2)CCC1. The molecular formula is C14H14ClN3O3. The van der Waals surface area contributed by atoms with Crippen molar-refractivity contribution in [2.75, 3.05) is 6.61 Å². The molecule has 0 atom stereocenters. The van der Waals surface area contributed by atoms with Gasteiger partial charge in [0.2, 0.25) is 11.7 Å². The molecule has 7 heteroatoms. The number of rotatable bonds is 4. The first kappa shape index (κ1) is 14.0. The van der Waals surface area contributed by atoms with Crippen LogP contribution >= 0.6 is 11.6 Å². The average molecular weight is 308 g/mol. The summed E-state index contributed by atoms with van der Waals surface area (Å²) < 4.78 is 10.4. The molecule has 0 aromatic carbocycles. The topological polar surface area (TPSA) is 78.1 Å². The van der Waals surface area contributed by atoms with E-state index in [2.05, 4.69) is 15.1 Å². The van der Waals surface area contributed by atoms with E-state index in [9.17, 15) is 4.79 Å². The summed E-state index contributed by atoms with van der Waals surface area (Å²) in [6.45, 7) is 2.10. The summed E-state index contributed by atoms with van der Waals surface area (Å²) in [5.74, 6) is 0.258. The Bertz CT molecular complexity index is 667. The van der Waals surface area contributed by atoms with Crippen LogP contribution in [0.25, 0.3) is 11.5 Å². The van der Waals surface area contributed by atoms with Gasteiger partial charge >= 0.3 is 5.97 Å². The van der Waals surface area contributed by atoms with Crippen LogP contribution in [-0.4, -0.2) is 27.7 Å². The fraction of sp³-hybridized carbons (Fsp3) is 0.429. The number of esters is 1. The lowest BCUT2D eigenvalue weighted by atomic mass is 9.68. The van der Waals surface area contributed by atoms with Gasteiger partial charge < -0.3 is 9.26 Å². The molecule has 2 aromatic rings. The summed E-state index contributed by atoms with van der Waals surface area (Å²) in [5.41, 5.74) is -0.366. The van der Waals surface area contributed by atoms with E-state index in [1.807, 2.05) is 0 Å². The van der Waals surface area contributed by atoms with E-state index in [0.717, 1.165) is 6.42 Å². The maximum Gasteiger partial charge on any atom is 0.321 e. The van der Waals surface area contributed by atoms with Crippen LogP contribution in [0.1, 0.15) is 32.1 Å². The van der Waals surface area contributed by atoms with Crippen molar-refractivity contribution in [1.29, 1.82) is 0 Å². The molecule has 1 aliphatic rings. The zero-order chi connectivity index (χ0) is 14.9. The third kappa shape index (κ3) is 2.29. The van der Waals surface area contributed by atoms with Gasteiger partial charge in [0.15, 0.2) is 0 Å². The molecule has 1 fully saturated rings. The number of nitrogens with zero attached hydrogens (tertiary/aromatic N) is 3. The van der Waals surface area contributed by atoms with E-state index < -0.39 is 5.41 Å². The first-order chi connectivity index (χ1) is 10.2. The van der Waals surface area contributed by atoms with Gasteiger partial charge in [0.25, 0.3) is 0 Å². The summed E-state index contributed by atoms with van der Waals surface area (Å²) in [6.07, 6.45) is 3.84. The van der Waals surface area contributed by atoms with Crippen LogP contribution in [0, 0.1) is 0 Å². The molecule has 21 heavy (non-hydrogen) atoms. The van der Waals surface area contributed by atoms with E-state index in [4.69, 9.17) is 20.9 Å². The van der Waals surface area contributed by atoms with Crippen molar-refractivity contribution < 1.29 is 14.1 Å². The lowest BCUT2D eigenvalue weighted by Gasteiger charge is -2.35. The number of pyridine rings is 1. The van der Waals surface area contributed by atoms with Crippen LogP contribution in [0.5, 0.6) is 0 Å². The van der Waals surface area contributed by atoms with Crippen molar-refractivity contribution >= 4 is 17.6 Å². The minimum absolute atomic E-state index is 0.281. The minimum atomic E-state index is -0.803. The number of carbonyl (C=O) groups is 1. The third-order valence-electron chi connectivity index (χ3n) is 3.68. The quantitative estimate of drug-likeness (QED) is 0.808. The van der Waals surface area contributed by atoms with Crippen molar-refractivity contribution in [2.24, 2.45) is 0 Å². The number of hydrogen-bond acceptors (Lipinski definition) is 6. The van der Waals surface area contributed by atoms with E-state index in [1.54, 1.807) is 25.3 Å². The maximum atomic E-state index is 12.2. The molecule has 3 rings (SSSR count). The molecule has 0 aliphatic heterocycles. The van der Waals surface area contributed by atoms with Crippen molar-refractivity contribution in [3.8, 4) is 11.5 Å². The van der Waals surface area contributed by atoms with E-state index in [0.29, 0.717) is 30.2 Å². The predicted octanol–water partition coefficient (Wildman–Crippen LogP) is 2.77. The molecule has 0 N–H and O–H groups in total. The number of hydrogen-bond donors (Lipinski definition) is 0. The predicted molar refractivity (Wildman–Crippen MR) is 74.7 cm³/mol. The van der Waals surface area contributed by atoms with Gasteiger partial charge in [-0.05, 0) is 31.9 Å². The third-order valence-corrected chi connectivity index (χ3v) is 3.98. The molecule has 6 nitrogen and oxygen atoms in total. The molecule has 2 heterocycles.